The Balaban J connectivity index is 2.38. The molecule has 0 spiro atoms. The average molecular weight is 273 g/mol. The van der Waals surface area contributed by atoms with Crippen LogP contribution in [0.25, 0.3) is 22.2 Å². The molecule has 1 aromatic carbocycles. The maximum absolute atomic E-state index is 4.32. The Bertz CT molecular complexity index is 629. The number of H-pyrrole nitrogens is 1. The predicted octanol–water partition coefficient (Wildman–Crippen LogP) is 3.99. The van der Waals surface area contributed by atoms with Crippen LogP contribution in [0.3, 0.4) is 0 Å². The highest BCUT2D eigenvalue weighted by Crippen LogP contribution is 2.33. The fraction of sp³-hybridized carbons (Fsp3) is 0. The molecule has 2 nitrogen and oxygen atoms in total. The van der Waals surface area contributed by atoms with E-state index in [1.54, 1.807) is 0 Å². The molecule has 0 unspecified atom stereocenters. The molecule has 0 aliphatic heterocycles. The largest absolute Gasteiger partial charge is 0.346 e. The van der Waals surface area contributed by atoms with Crippen molar-refractivity contribution in [2.45, 2.75) is 0 Å². The van der Waals surface area contributed by atoms with Crippen LogP contribution in [0.1, 0.15) is 0 Å². The number of aromatic nitrogens is 2. The van der Waals surface area contributed by atoms with Crippen molar-refractivity contribution < 1.29 is 0 Å². The zero-order chi connectivity index (χ0) is 11.0. The Hall–Kier alpha value is -1.61. The van der Waals surface area contributed by atoms with E-state index in [4.69, 9.17) is 0 Å². The summed E-state index contributed by atoms with van der Waals surface area (Å²) in [6, 6.07) is 12.4. The second-order valence-corrected chi connectivity index (χ2v) is 4.44. The van der Waals surface area contributed by atoms with Crippen LogP contribution in [0.2, 0.25) is 0 Å². The van der Waals surface area contributed by atoms with Gasteiger partial charge in [-0.2, -0.15) is 0 Å². The smallest absolute Gasteiger partial charge is 0.137 e. The standard InChI is InChI=1S/C13H9BrN2/c14-11-8-16-13-10(6-7-15-13)12(11)9-4-2-1-3-5-9/h1-8H,(H,15,16). The first-order valence-corrected chi connectivity index (χ1v) is 5.82. The molecular formula is C13H9BrN2. The van der Waals surface area contributed by atoms with Gasteiger partial charge in [-0.1, -0.05) is 30.3 Å². The number of nitrogens with one attached hydrogen (secondary N) is 1. The van der Waals surface area contributed by atoms with Gasteiger partial charge < -0.3 is 4.98 Å². The zero-order valence-electron chi connectivity index (χ0n) is 8.44. The van der Waals surface area contributed by atoms with E-state index >= 15 is 0 Å². The summed E-state index contributed by atoms with van der Waals surface area (Å²) >= 11 is 3.56. The van der Waals surface area contributed by atoms with Crippen molar-refractivity contribution in [1.82, 2.24) is 9.97 Å². The summed E-state index contributed by atoms with van der Waals surface area (Å²) in [6.45, 7) is 0. The van der Waals surface area contributed by atoms with Gasteiger partial charge in [-0.25, -0.2) is 4.98 Å². The molecule has 3 aromatic rings. The van der Waals surface area contributed by atoms with Crippen molar-refractivity contribution in [1.29, 1.82) is 0 Å². The Morgan fingerprint density at radius 2 is 1.88 bits per heavy atom. The minimum atomic E-state index is 0.919. The number of fused-ring (bicyclic) bond motifs is 1. The van der Waals surface area contributed by atoms with E-state index in [2.05, 4.69) is 44.1 Å². The molecule has 3 heteroatoms. The Kier molecular flexibility index (Phi) is 2.26. The second-order valence-electron chi connectivity index (χ2n) is 3.59. The molecule has 0 radical (unpaired) electrons. The maximum Gasteiger partial charge on any atom is 0.137 e. The molecular weight excluding hydrogens is 264 g/mol. The van der Waals surface area contributed by atoms with Crippen LogP contribution < -0.4 is 0 Å². The molecule has 0 aliphatic carbocycles. The number of nitrogens with zero attached hydrogens (tertiary/aromatic N) is 1. The molecule has 0 aliphatic rings. The Labute approximate surface area is 101 Å². The van der Waals surface area contributed by atoms with Gasteiger partial charge in [0.15, 0.2) is 0 Å². The van der Waals surface area contributed by atoms with Gasteiger partial charge in [0.05, 0.1) is 0 Å². The van der Waals surface area contributed by atoms with E-state index in [1.807, 2.05) is 30.6 Å². The highest BCUT2D eigenvalue weighted by Gasteiger charge is 2.09. The lowest BCUT2D eigenvalue weighted by atomic mass is 10.0. The average Bonchev–Trinajstić information content (AvgIpc) is 2.78. The molecule has 3 rings (SSSR count). The highest BCUT2D eigenvalue weighted by molar-refractivity contribution is 9.10. The number of aromatic amines is 1. The third-order valence-electron chi connectivity index (χ3n) is 2.60. The molecule has 0 atom stereocenters. The van der Waals surface area contributed by atoms with Gasteiger partial charge in [0.1, 0.15) is 5.65 Å². The number of pyridine rings is 1. The minimum absolute atomic E-state index is 0.919. The number of benzene rings is 1. The van der Waals surface area contributed by atoms with Crippen molar-refractivity contribution in [3.8, 4) is 11.1 Å². The predicted molar refractivity (Wildman–Crippen MR) is 69.2 cm³/mol. The quantitative estimate of drug-likeness (QED) is 0.713. The van der Waals surface area contributed by atoms with Gasteiger partial charge >= 0.3 is 0 Å². The Morgan fingerprint density at radius 1 is 1.06 bits per heavy atom. The van der Waals surface area contributed by atoms with Gasteiger partial charge in [-0.3, -0.25) is 0 Å². The van der Waals surface area contributed by atoms with Crippen LogP contribution in [0.4, 0.5) is 0 Å². The lowest BCUT2D eigenvalue weighted by Gasteiger charge is -2.05. The summed E-state index contributed by atoms with van der Waals surface area (Å²) in [5.74, 6) is 0. The fourth-order valence-corrected chi connectivity index (χ4v) is 2.43. The van der Waals surface area contributed by atoms with Gasteiger partial charge in [0, 0.05) is 27.8 Å². The highest BCUT2D eigenvalue weighted by atomic mass is 79.9. The minimum Gasteiger partial charge on any atom is -0.346 e. The number of hydrogen-bond donors (Lipinski definition) is 1. The molecule has 16 heavy (non-hydrogen) atoms. The number of halogens is 1. The summed E-state index contributed by atoms with van der Waals surface area (Å²) in [6.07, 6.45) is 3.75. The van der Waals surface area contributed by atoms with Crippen LogP contribution >= 0.6 is 15.9 Å². The summed E-state index contributed by atoms with van der Waals surface area (Å²) in [5, 5.41) is 1.14. The first kappa shape index (κ1) is 9.60. The maximum atomic E-state index is 4.32. The van der Waals surface area contributed by atoms with Gasteiger partial charge in [-0.05, 0) is 27.6 Å². The zero-order valence-corrected chi connectivity index (χ0v) is 10.0. The summed E-state index contributed by atoms with van der Waals surface area (Å²) < 4.78 is 1.02. The molecule has 0 fully saturated rings. The second kappa shape index (κ2) is 3.76. The Morgan fingerprint density at radius 3 is 2.69 bits per heavy atom. The SMILES string of the molecule is Brc1cnc2[nH]ccc2c1-c1ccccc1. The third-order valence-corrected chi connectivity index (χ3v) is 3.20. The van der Waals surface area contributed by atoms with Gasteiger partial charge in [0.2, 0.25) is 0 Å². The van der Waals surface area contributed by atoms with Crippen LogP contribution in [0.5, 0.6) is 0 Å². The number of hydrogen-bond acceptors (Lipinski definition) is 1. The third kappa shape index (κ3) is 1.44. The van der Waals surface area contributed by atoms with Gasteiger partial charge in [-0.15, -0.1) is 0 Å². The van der Waals surface area contributed by atoms with Crippen molar-refractivity contribution in [2.75, 3.05) is 0 Å². The molecule has 1 N–H and O–H groups in total. The molecule has 0 amide bonds. The molecule has 2 aromatic heterocycles. The van der Waals surface area contributed by atoms with Crippen LogP contribution in [-0.2, 0) is 0 Å². The first-order chi connectivity index (χ1) is 7.86. The van der Waals surface area contributed by atoms with Crippen LogP contribution in [0.15, 0.2) is 53.3 Å². The molecule has 0 saturated heterocycles. The van der Waals surface area contributed by atoms with Crippen LogP contribution in [0, 0.1) is 0 Å². The fourth-order valence-electron chi connectivity index (χ4n) is 1.88. The lowest BCUT2D eigenvalue weighted by molar-refractivity contribution is 1.31. The van der Waals surface area contributed by atoms with E-state index in [0.29, 0.717) is 0 Å². The summed E-state index contributed by atoms with van der Waals surface area (Å²) in [4.78, 5) is 7.45. The molecule has 0 bridgehead atoms. The van der Waals surface area contributed by atoms with Crippen molar-refractivity contribution in [3.05, 3.63) is 53.3 Å². The lowest BCUT2D eigenvalue weighted by Crippen LogP contribution is -1.84. The molecule has 2 heterocycles. The van der Waals surface area contributed by atoms with E-state index in [9.17, 15) is 0 Å². The van der Waals surface area contributed by atoms with E-state index in [0.717, 1.165) is 15.5 Å². The van der Waals surface area contributed by atoms with Crippen LogP contribution in [-0.4, -0.2) is 9.97 Å². The molecule has 0 saturated carbocycles. The summed E-state index contributed by atoms with van der Waals surface area (Å²) in [5.41, 5.74) is 3.30. The number of rotatable bonds is 1. The first-order valence-electron chi connectivity index (χ1n) is 5.03. The topological polar surface area (TPSA) is 28.7 Å². The van der Waals surface area contributed by atoms with E-state index in [-0.39, 0.29) is 0 Å². The van der Waals surface area contributed by atoms with Crippen molar-refractivity contribution in [3.63, 3.8) is 0 Å². The normalized spacial score (nSPS) is 10.8. The monoisotopic (exact) mass is 272 g/mol. The van der Waals surface area contributed by atoms with Gasteiger partial charge in [0.25, 0.3) is 0 Å². The van der Waals surface area contributed by atoms with Crippen molar-refractivity contribution >= 4 is 27.0 Å². The van der Waals surface area contributed by atoms with E-state index < -0.39 is 0 Å². The van der Waals surface area contributed by atoms with E-state index in [1.165, 1.54) is 11.1 Å². The molecule has 78 valence electrons. The van der Waals surface area contributed by atoms with Crippen molar-refractivity contribution in [2.24, 2.45) is 0 Å². The summed E-state index contributed by atoms with van der Waals surface area (Å²) in [7, 11) is 0.